The van der Waals surface area contributed by atoms with Crippen molar-refractivity contribution in [1.82, 2.24) is 10.3 Å². The van der Waals surface area contributed by atoms with Crippen LogP contribution in [0.3, 0.4) is 0 Å². The first-order valence-corrected chi connectivity index (χ1v) is 6.49. The molecule has 0 aliphatic heterocycles. The first-order valence-electron chi connectivity index (χ1n) is 6.49. The number of rotatable bonds is 6. The normalized spacial score (nSPS) is 13.0. The minimum atomic E-state index is -4.66. The van der Waals surface area contributed by atoms with Gasteiger partial charge in [0.15, 0.2) is 0 Å². The zero-order valence-electron chi connectivity index (χ0n) is 11.5. The Morgan fingerprint density at radius 3 is 2.57 bits per heavy atom. The Labute approximate surface area is 119 Å². The summed E-state index contributed by atoms with van der Waals surface area (Å²) in [6.45, 7) is 2.11. The highest BCUT2D eigenvalue weighted by atomic mass is 19.4. The van der Waals surface area contributed by atoms with Crippen LogP contribution in [-0.4, -0.2) is 29.1 Å². The first kappa shape index (κ1) is 17.2. The molecule has 0 spiro atoms. The summed E-state index contributed by atoms with van der Waals surface area (Å²) in [7, 11) is 0. The lowest BCUT2D eigenvalue weighted by atomic mass is 10.0. The van der Waals surface area contributed by atoms with E-state index in [1.807, 2.05) is 6.92 Å². The van der Waals surface area contributed by atoms with Crippen LogP contribution < -0.4 is 10.9 Å². The molecule has 0 bridgehead atoms. The van der Waals surface area contributed by atoms with Crippen LogP contribution in [-0.2, 0) is 6.18 Å². The highest BCUT2D eigenvalue weighted by molar-refractivity contribution is 5.93. The van der Waals surface area contributed by atoms with E-state index < -0.39 is 23.3 Å². The Morgan fingerprint density at radius 2 is 2.10 bits per heavy atom. The maximum atomic E-state index is 12.4. The molecular weight excluding hydrogens is 289 g/mol. The summed E-state index contributed by atoms with van der Waals surface area (Å²) >= 11 is 0. The summed E-state index contributed by atoms with van der Waals surface area (Å²) in [5.74, 6) is -0.686. The highest BCUT2D eigenvalue weighted by Crippen LogP contribution is 2.26. The molecule has 1 rings (SSSR count). The lowest BCUT2D eigenvalue weighted by Gasteiger charge is -2.14. The molecule has 0 saturated heterocycles. The van der Waals surface area contributed by atoms with E-state index in [-0.39, 0.29) is 24.6 Å². The van der Waals surface area contributed by atoms with Crippen molar-refractivity contribution in [2.45, 2.75) is 25.9 Å². The van der Waals surface area contributed by atoms with Gasteiger partial charge in [0.25, 0.3) is 11.5 Å². The number of aromatic nitrogens is 1. The van der Waals surface area contributed by atoms with Crippen molar-refractivity contribution in [2.75, 3.05) is 13.2 Å². The van der Waals surface area contributed by atoms with Crippen LogP contribution in [0.1, 0.15) is 35.8 Å². The molecule has 8 heteroatoms. The van der Waals surface area contributed by atoms with E-state index in [1.165, 1.54) is 0 Å². The average Bonchev–Trinajstić information content (AvgIpc) is 2.41. The van der Waals surface area contributed by atoms with Gasteiger partial charge in [0.05, 0.1) is 0 Å². The number of nitrogens with one attached hydrogen (secondary N) is 2. The molecule has 1 aromatic heterocycles. The number of aliphatic hydroxyl groups excluding tert-OH is 1. The number of aliphatic hydroxyl groups is 1. The van der Waals surface area contributed by atoms with Crippen LogP contribution in [0.25, 0.3) is 0 Å². The standard InChI is InChI=1S/C13H17F3N2O3/c1-2-8(5-6-19)7-17-11(20)9-3-4-10(13(14,15)16)18-12(9)21/h3-4,8,19H,2,5-7H2,1H3,(H,17,20)(H,18,21). The molecule has 1 aromatic rings. The summed E-state index contributed by atoms with van der Waals surface area (Å²) in [6, 6.07) is 1.51. The fraction of sp³-hybridized carbons (Fsp3) is 0.538. The maximum Gasteiger partial charge on any atom is 0.431 e. The molecule has 1 atom stereocenters. The van der Waals surface area contributed by atoms with E-state index in [1.54, 1.807) is 4.98 Å². The fourth-order valence-electron chi connectivity index (χ4n) is 1.78. The second-order valence-corrected chi connectivity index (χ2v) is 4.61. The number of hydrogen-bond donors (Lipinski definition) is 3. The third-order valence-electron chi connectivity index (χ3n) is 3.13. The molecule has 118 valence electrons. The van der Waals surface area contributed by atoms with Crippen molar-refractivity contribution in [1.29, 1.82) is 0 Å². The molecule has 1 amide bonds. The number of H-pyrrole nitrogens is 1. The zero-order valence-corrected chi connectivity index (χ0v) is 11.5. The number of pyridine rings is 1. The zero-order chi connectivity index (χ0) is 16.0. The van der Waals surface area contributed by atoms with Crippen molar-refractivity contribution in [3.05, 3.63) is 33.7 Å². The highest BCUT2D eigenvalue weighted by Gasteiger charge is 2.32. The van der Waals surface area contributed by atoms with Crippen LogP contribution in [0.4, 0.5) is 13.2 Å². The SMILES string of the molecule is CCC(CCO)CNC(=O)c1ccc(C(F)(F)F)[nH]c1=O. The lowest BCUT2D eigenvalue weighted by Crippen LogP contribution is -2.34. The minimum Gasteiger partial charge on any atom is -0.396 e. The molecule has 0 fully saturated rings. The molecule has 0 radical (unpaired) electrons. The van der Waals surface area contributed by atoms with Crippen molar-refractivity contribution in [2.24, 2.45) is 5.92 Å². The van der Waals surface area contributed by atoms with Gasteiger partial charge in [-0.05, 0) is 24.5 Å². The van der Waals surface area contributed by atoms with E-state index in [0.29, 0.717) is 12.5 Å². The van der Waals surface area contributed by atoms with Gasteiger partial charge in [-0.3, -0.25) is 9.59 Å². The van der Waals surface area contributed by atoms with E-state index in [0.717, 1.165) is 12.5 Å². The average molecular weight is 306 g/mol. The molecule has 1 heterocycles. The topological polar surface area (TPSA) is 82.2 Å². The molecule has 5 nitrogen and oxygen atoms in total. The third kappa shape index (κ3) is 4.89. The fourth-order valence-corrected chi connectivity index (χ4v) is 1.78. The van der Waals surface area contributed by atoms with E-state index in [9.17, 15) is 22.8 Å². The molecule has 0 aliphatic rings. The third-order valence-corrected chi connectivity index (χ3v) is 3.13. The second-order valence-electron chi connectivity index (χ2n) is 4.61. The van der Waals surface area contributed by atoms with E-state index in [2.05, 4.69) is 5.32 Å². The Hall–Kier alpha value is -1.83. The first-order chi connectivity index (χ1) is 9.79. The number of carbonyl (C=O) groups excluding carboxylic acids is 1. The van der Waals surface area contributed by atoms with Gasteiger partial charge in [0.2, 0.25) is 0 Å². The van der Waals surface area contributed by atoms with Gasteiger partial charge in [0.1, 0.15) is 11.3 Å². The van der Waals surface area contributed by atoms with E-state index >= 15 is 0 Å². The Kier molecular flexibility index (Phi) is 5.95. The number of halogens is 3. The Morgan fingerprint density at radius 1 is 1.43 bits per heavy atom. The van der Waals surface area contributed by atoms with Crippen molar-refractivity contribution >= 4 is 5.91 Å². The Balaban J connectivity index is 2.78. The quantitative estimate of drug-likeness (QED) is 0.745. The maximum absolute atomic E-state index is 12.4. The summed E-state index contributed by atoms with van der Waals surface area (Å²) in [6.07, 6.45) is -3.44. The number of alkyl halides is 3. The summed E-state index contributed by atoms with van der Waals surface area (Å²) in [5, 5.41) is 11.3. The van der Waals surface area contributed by atoms with Gasteiger partial charge in [-0.15, -0.1) is 0 Å². The molecule has 0 saturated carbocycles. The van der Waals surface area contributed by atoms with Crippen molar-refractivity contribution in [3.8, 4) is 0 Å². The van der Waals surface area contributed by atoms with Crippen LogP contribution in [0.5, 0.6) is 0 Å². The smallest absolute Gasteiger partial charge is 0.396 e. The molecule has 0 aliphatic carbocycles. The number of amides is 1. The van der Waals surface area contributed by atoms with E-state index in [4.69, 9.17) is 5.11 Å². The van der Waals surface area contributed by atoms with Crippen LogP contribution in [0.2, 0.25) is 0 Å². The van der Waals surface area contributed by atoms with Crippen molar-refractivity contribution < 1.29 is 23.1 Å². The molecule has 1 unspecified atom stereocenters. The molecular formula is C13H17F3N2O3. The van der Waals surface area contributed by atoms with Gasteiger partial charge >= 0.3 is 6.18 Å². The number of hydrogen-bond acceptors (Lipinski definition) is 3. The van der Waals surface area contributed by atoms with Crippen LogP contribution >= 0.6 is 0 Å². The number of carbonyl (C=O) groups is 1. The monoisotopic (exact) mass is 306 g/mol. The molecule has 0 aromatic carbocycles. The molecule has 3 N–H and O–H groups in total. The largest absolute Gasteiger partial charge is 0.431 e. The minimum absolute atomic E-state index is 0.0186. The van der Waals surface area contributed by atoms with Gasteiger partial charge in [-0.1, -0.05) is 13.3 Å². The summed E-state index contributed by atoms with van der Waals surface area (Å²) in [5.41, 5.74) is -2.66. The second kappa shape index (κ2) is 7.26. The predicted molar refractivity (Wildman–Crippen MR) is 69.9 cm³/mol. The Bertz CT molecular complexity index is 540. The summed E-state index contributed by atoms with van der Waals surface area (Å²) < 4.78 is 37.2. The molecule has 21 heavy (non-hydrogen) atoms. The lowest BCUT2D eigenvalue weighted by molar-refractivity contribution is -0.141. The van der Waals surface area contributed by atoms with Gasteiger partial charge in [0, 0.05) is 13.2 Å². The van der Waals surface area contributed by atoms with Crippen LogP contribution in [0.15, 0.2) is 16.9 Å². The van der Waals surface area contributed by atoms with Gasteiger partial charge in [-0.25, -0.2) is 0 Å². The van der Waals surface area contributed by atoms with Gasteiger partial charge in [-0.2, -0.15) is 13.2 Å². The van der Waals surface area contributed by atoms with Gasteiger partial charge < -0.3 is 15.4 Å². The van der Waals surface area contributed by atoms with Crippen LogP contribution in [0, 0.1) is 5.92 Å². The number of aromatic amines is 1. The summed E-state index contributed by atoms with van der Waals surface area (Å²) in [4.78, 5) is 24.9. The van der Waals surface area contributed by atoms with Crippen molar-refractivity contribution in [3.63, 3.8) is 0 Å². The predicted octanol–water partition coefficient (Wildman–Crippen LogP) is 1.53.